The maximum atomic E-state index is 12.7. The molecule has 10 nitrogen and oxygen atoms in total. The minimum Gasteiger partial charge on any atom is -0.444 e. The lowest BCUT2D eigenvalue weighted by Crippen LogP contribution is -2.49. The molecule has 1 aliphatic carbocycles. The van der Waals surface area contributed by atoms with Crippen LogP contribution in [-0.2, 0) is 20.8 Å². The van der Waals surface area contributed by atoms with Crippen LogP contribution in [0.4, 0.5) is 4.79 Å². The first-order valence-electron chi connectivity index (χ1n) is 15.4. The van der Waals surface area contributed by atoms with E-state index in [-0.39, 0.29) is 36.9 Å². The Bertz CT molecular complexity index is 1490. The SMILES string of the molecule is C[C@H](OC1CCCCO1)c1nccn1Cc1cc(-c2ccc(C#CC3CC(N(CCC#N)C(=O)OC(C)(C)C)C3)cc2)on1. The highest BCUT2D eigenvalue weighted by atomic mass is 16.7. The number of carbonyl (C=O) groups is 1. The third kappa shape index (κ3) is 8.28. The van der Waals surface area contributed by atoms with Crippen LogP contribution in [0.2, 0.25) is 0 Å². The summed E-state index contributed by atoms with van der Waals surface area (Å²) in [6.45, 7) is 9.16. The highest BCUT2D eigenvalue weighted by molar-refractivity contribution is 5.69. The minimum atomic E-state index is -0.577. The molecule has 2 aromatic heterocycles. The predicted octanol–water partition coefficient (Wildman–Crippen LogP) is 6.47. The van der Waals surface area contributed by atoms with Gasteiger partial charge in [0, 0.05) is 54.7 Å². The molecule has 10 heteroatoms. The van der Waals surface area contributed by atoms with Gasteiger partial charge >= 0.3 is 6.09 Å². The molecular formula is C34H41N5O5. The molecule has 1 saturated carbocycles. The molecule has 1 aromatic carbocycles. The van der Waals surface area contributed by atoms with Crippen LogP contribution in [0.15, 0.2) is 47.2 Å². The first-order valence-corrected chi connectivity index (χ1v) is 15.4. The van der Waals surface area contributed by atoms with Gasteiger partial charge in [-0.05, 0) is 84.1 Å². The van der Waals surface area contributed by atoms with E-state index >= 15 is 0 Å². The summed E-state index contributed by atoms with van der Waals surface area (Å²) in [6.07, 6.45) is 7.86. The van der Waals surface area contributed by atoms with Gasteiger partial charge in [-0.15, -0.1) is 0 Å². The number of benzene rings is 1. The minimum absolute atomic E-state index is 0.0422. The van der Waals surface area contributed by atoms with E-state index < -0.39 is 5.60 Å². The van der Waals surface area contributed by atoms with Gasteiger partial charge in [0.2, 0.25) is 0 Å². The number of aromatic nitrogens is 3. The molecule has 2 atom stereocenters. The number of nitriles is 1. The highest BCUT2D eigenvalue weighted by Crippen LogP contribution is 2.33. The lowest BCUT2D eigenvalue weighted by molar-refractivity contribution is -0.188. The molecule has 0 N–H and O–H groups in total. The fourth-order valence-electron chi connectivity index (χ4n) is 5.39. The van der Waals surface area contributed by atoms with E-state index in [1.807, 2.05) is 68.8 Å². The summed E-state index contributed by atoms with van der Waals surface area (Å²) in [5.74, 6) is 8.30. The van der Waals surface area contributed by atoms with Crippen molar-refractivity contribution in [3.05, 3.63) is 59.8 Å². The summed E-state index contributed by atoms with van der Waals surface area (Å²) in [5.41, 5.74) is 2.04. The number of carbonyl (C=O) groups excluding carboxylic acids is 1. The maximum absolute atomic E-state index is 12.7. The lowest BCUT2D eigenvalue weighted by Gasteiger charge is -2.41. The van der Waals surface area contributed by atoms with Crippen molar-refractivity contribution in [2.24, 2.45) is 5.92 Å². The molecule has 3 aromatic rings. The first kappa shape index (κ1) is 31.3. The van der Waals surface area contributed by atoms with Gasteiger partial charge in [-0.1, -0.05) is 17.0 Å². The van der Waals surface area contributed by atoms with Crippen molar-refractivity contribution in [1.82, 2.24) is 19.6 Å². The van der Waals surface area contributed by atoms with Gasteiger partial charge in [-0.25, -0.2) is 9.78 Å². The normalized spacial score (nSPS) is 20.5. The second-order valence-electron chi connectivity index (χ2n) is 12.4. The zero-order valence-electron chi connectivity index (χ0n) is 26.0. The largest absolute Gasteiger partial charge is 0.444 e. The third-order valence-electron chi connectivity index (χ3n) is 7.73. The van der Waals surface area contributed by atoms with Crippen molar-refractivity contribution >= 4 is 6.09 Å². The lowest BCUT2D eigenvalue weighted by atomic mass is 9.79. The van der Waals surface area contributed by atoms with Crippen molar-refractivity contribution in [3.8, 4) is 29.2 Å². The average Bonchev–Trinajstić information content (AvgIpc) is 3.64. The van der Waals surface area contributed by atoms with E-state index in [1.165, 1.54) is 0 Å². The molecule has 1 unspecified atom stereocenters. The summed E-state index contributed by atoms with van der Waals surface area (Å²) in [7, 11) is 0. The molecule has 5 rings (SSSR count). The van der Waals surface area contributed by atoms with E-state index in [0.29, 0.717) is 18.8 Å². The maximum Gasteiger partial charge on any atom is 0.410 e. The van der Waals surface area contributed by atoms with Gasteiger partial charge < -0.3 is 28.2 Å². The molecule has 0 spiro atoms. The van der Waals surface area contributed by atoms with Gasteiger partial charge in [0.1, 0.15) is 23.2 Å². The second-order valence-corrected chi connectivity index (χ2v) is 12.4. The molecule has 2 aliphatic rings. The van der Waals surface area contributed by atoms with Gasteiger partial charge in [0.15, 0.2) is 12.1 Å². The smallest absolute Gasteiger partial charge is 0.410 e. The van der Waals surface area contributed by atoms with E-state index in [2.05, 4.69) is 28.1 Å². The van der Waals surface area contributed by atoms with E-state index in [9.17, 15) is 4.79 Å². The Morgan fingerprint density at radius 1 is 1.23 bits per heavy atom. The molecule has 3 heterocycles. The van der Waals surface area contributed by atoms with Crippen LogP contribution in [-0.4, -0.2) is 56.8 Å². The second kappa shape index (κ2) is 14.1. The molecule has 1 aliphatic heterocycles. The van der Waals surface area contributed by atoms with Crippen LogP contribution in [0.25, 0.3) is 11.3 Å². The van der Waals surface area contributed by atoms with Crippen LogP contribution in [0.3, 0.4) is 0 Å². The third-order valence-corrected chi connectivity index (χ3v) is 7.73. The first-order chi connectivity index (χ1) is 21.2. The zero-order chi connectivity index (χ0) is 31.1. The van der Waals surface area contributed by atoms with Gasteiger partial charge in [0.25, 0.3) is 0 Å². The average molecular weight is 600 g/mol. The van der Waals surface area contributed by atoms with Gasteiger partial charge in [-0.3, -0.25) is 0 Å². The van der Waals surface area contributed by atoms with E-state index in [1.54, 1.807) is 11.1 Å². The Morgan fingerprint density at radius 2 is 2.02 bits per heavy atom. The van der Waals surface area contributed by atoms with Crippen molar-refractivity contribution < 1.29 is 23.5 Å². The summed E-state index contributed by atoms with van der Waals surface area (Å²) >= 11 is 0. The Kier molecular flexibility index (Phi) is 10.0. The number of hydrogen-bond acceptors (Lipinski definition) is 8. The summed E-state index contributed by atoms with van der Waals surface area (Å²) in [6, 6.07) is 12.0. The van der Waals surface area contributed by atoms with Crippen LogP contribution >= 0.6 is 0 Å². The number of ether oxygens (including phenoxy) is 3. The molecule has 0 bridgehead atoms. The van der Waals surface area contributed by atoms with Crippen molar-refractivity contribution in [2.45, 2.75) is 96.8 Å². The molecule has 0 radical (unpaired) electrons. The van der Waals surface area contributed by atoms with Crippen LogP contribution in [0, 0.1) is 29.1 Å². The van der Waals surface area contributed by atoms with Crippen LogP contribution < -0.4 is 0 Å². The quantitative estimate of drug-likeness (QED) is 0.257. The van der Waals surface area contributed by atoms with Crippen LogP contribution in [0.1, 0.15) is 89.4 Å². The monoisotopic (exact) mass is 599 g/mol. The molecule has 232 valence electrons. The summed E-state index contributed by atoms with van der Waals surface area (Å²) in [4.78, 5) is 18.9. The number of rotatable bonds is 9. The number of nitrogens with zero attached hydrogens (tertiary/aromatic N) is 5. The zero-order valence-corrected chi connectivity index (χ0v) is 26.0. The standard InChI is InChI=1S/C34H41N5O5/c1-24(42-31-8-5-6-19-41-31)32-36-16-18-38(32)23-28-22-30(44-37-28)27-13-11-25(12-14-27)9-10-26-20-29(21-26)39(17-7-15-35)33(40)43-34(2,3)4/h11-14,16,18,22,24,26,29,31H,5-8,17,19-21,23H2,1-4H3/t24-,26?,29?,31?/m0/s1. The Morgan fingerprint density at radius 3 is 2.73 bits per heavy atom. The molecule has 44 heavy (non-hydrogen) atoms. The van der Waals surface area contributed by atoms with Gasteiger partial charge in [-0.2, -0.15) is 5.26 Å². The number of hydrogen-bond donors (Lipinski definition) is 0. The van der Waals surface area contributed by atoms with Crippen molar-refractivity contribution in [1.29, 1.82) is 5.26 Å². The summed E-state index contributed by atoms with van der Waals surface area (Å²) in [5, 5.41) is 13.3. The van der Waals surface area contributed by atoms with E-state index in [4.69, 9.17) is 24.0 Å². The van der Waals surface area contributed by atoms with Crippen LogP contribution in [0.5, 0.6) is 0 Å². The summed E-state index contributed by atoms with van der Waals surface area (Å²) < 4.78 is 25.1. The molecule has 1 saturated heterocycles. The fraction of sp³-hybridized carbons (Fsp3) is 0.529. The van der Waals surface area contributed by atoms with Gasteiger partial charge in [0.05, 0.1) is 19.0 Å². The van der Waals surface area contributed by atoms with E-state index in [0.717, 1.165) is 61.4 Å². The number of amides is 1. The fourth-order valence-corrected chi connectivity index (χ4v) is 5.39. The Labute approximate surface area is 259 Å². The Hall–Kier alpha value is -4.12. The highest BCUT2D eigenvalue weighted by Gasteiger charge is 2.37. The Balaban J connectivity index is 1.14. The number of imidazole rings is 1. The molecule has 1 amide bonds. The molecule has 2 fully saturated rings. The topological polar surface area (TPSA) is 116 Å². The van der Waals surface area contributed by atoms with Crippen molar-refractivity contribution in [2.75, 3.05) is 13.2 Å². The molecular weight excluding hydrogens is 558 g/mol. The van der Waals surface area contributed by atoms with Crippen molar-refractivity contribution in [3.63, 3.8) is 0 Å². The predicted molar refractivity (Wildman–Crippen MR) is 163 cm³/mol.